The number of alkyl halides is 3. The van der Waals surface area contributed by atoms with Crippen LogP contribution in [0.3, 0.4) is 0 Å². The van der Waals surface area contributed by atoms with Crippen LogP contribution in [0.2, 0.25) is 0 Å². The van der Waals surface area contributed by atoms with E-state index < -0.39 is 17.6 Å². The first kappa shape index (κ1) is 19.8. The molecule has 0 bridgehead atoms. The van der Waals surface area contributed by atoms with Crippen molar-refractivity contribution in [2.75, 3.05) is 44.6 Å². The molecule has 1 aromatic carbocycles. The van der Waals surface area contributed by atoms with Crippen LogP contribution in [0.4, 0.5) is 18.9 Å². The molecular formula is C17H20F3N5O. The number of rotatable bonds is 6. The summed E-state index contributed by atoms with van der Waals surface area (Å²) in [7, 11) is 0. The van der Waals surface area contributed by atoms with E-state index in [2.05, 4.69) is 20.9 Å². The number of halogens is 3. The molecule has 1 saturated heterocycles. The highest BCUT2D eigenvalue weighted by Gasteiger charge is 2.29. The number of anilines is 1. The summed E-state index contributed by atoms with van der Waals surface area (Å²) in [5.41, 5.74) is -0.567. The van der Waals surface area contributed by atoms with Crippen LogP contribution in [-0.2, 0) is 11.0 Å². The van der Waals surface area contributed by atoms with Crippen LogP contribution in [-0.4, -0.2) is 50.1 Å². The third kappa shape index (κ3) is 6.06. The summed E-state index contributed by atoms with van der Waals surface area (Å²) in [5.74, 6) is -0.526. The number of carbonyl (C=O) groups is 1. The monoisotopic (exact) mass is 367 g/mol. The highest BCUT2D eigenvalue weighted by atomic mass is 19.4. The summed E-state index contributed by atoms with van der Waals surface area (Å²) in [5, 5.41) is 17.6. The second-order valence-corrected chi connectivity index (χ2v) is 5.74. The van der Waals surface area contributed by atoms with Gasteiger partial charge in [-0.25, -0.2) is 0 Å². The number of hydrogen-bond donors (Lipinski definition) is 3. The van der Waals surface area contributed by atoms with Gasteiger partial charge in [-0.2, -0.15) is 18.4 Å². The summed E-state index contributed by atoms with van der Waals surface area (Å²) in [6, 6.07) is 6.10. The van der Waals surface area contributed by atoms with E-state index in [0.717, 1.165) is 38.3 Å². The van der Waals surface area contributed by atoms with Crippen LogP contribution in [0.1, 0.15) is 5.56 Å². The lowest BCUT2D eigenvalue weighted by atomic mass is 10.2. The molecule has 140 valence electrons. The molecule has 1 aliphatic heterocycles. The molecule has 1 amide bonds. The summed E-state index contributed by atoms with van der Waals surface area (Å²) in [4.78, 5) is 14.2. The van der Waals surface area contributed by atoms with Crippen molar-refractivity contribution in [1.82, 2.24) is 15.5 Å². The highest BCUT2D eigenvalue weighted by Crippen LogP contribution is 2.29. The standard InChI is InChI=1S/C17H20F3N5O/c18-17(19,20)14-1-3-15(4-2-14)24-12-13(11-21)16(26)23-7-10-25-8-5-22-6-9-25/h1-4,12,22,24H,5-10H2,(H,23,26)/b13-12-. The molecule has 0 atom stereocenters. The number of nitriles is 1. The Morgan fingerprint density at radius 2 is 1.92 bits per heavy atom. The van der Waals surface area contributed by atoms with Crippen molar-refractivity contribution < 1.29 is 18.0 Å². The predicted molar refractivity (Wildman–Crippen MR) is 91.1 cm³/mol. The molecule has 9 heteroatoms. The minimum absolute atomic E-state index is 0.148. The summed E-state index contributed by atoms with van der Waals surface area (Å²) >= 11 is 0. The van der Waals surface area contributed by atoms with E-state index in [1.165, 1.54) is 18.3 Å². The first-order chi connectivity index (χ1) is 12.4. The molecule has 0 aliphatic carbocycles. The van der Waals surface area contributed by atoms with E-state index in [-0.39, 0.29) is 5.57 Å². The summed E-state index contributed by atoms with van der Waals surface area (Å²) < 4.78 is 37.5. The smallest absolute Gasteiger partial charge is 0.360 e. The van der Waals surface area contributed by atoms with Gasteiger partial charge in [0.05, 0.1) is 5.56 Å². The lowest BCUT2D eigenvalue weighted by molar-refractivity contribution is -0.137. The van der Waals surface area contributed by atoms with Crippen LogP contribution >= 0.6 is 0 Å². The number of amides is 1. The maximum atomic E-state index is 12.5. The molecule has 0 unspecified atom stereocenters. The average Bonchev–Trinajstić information content (AvgIpc) is 2.63. The zero-order valence-electron chi connectivity index (χ0n) is 14.1. The summed E-state index contributed by atoms with van der Waals surface area (Å²) in [6.45, 7) is 4.75. The Kier molecular flexibility index (Phi) is 7.00. The Balaban J connectivity index is 1.84. The number of nitrogens with zero attached hydrogens (tertiary/aromatic N) is 2. The Bertz CT molecular complexity index is 673. The van der Waals surface area contributed by atoms with Crippen molar-refractivity contribution in [1.29, 1.82) is 5.26 Å². The van der Waals surface area contributed by atoms with Gasteiger partial charge in [0.15, 0.2) is 0 Å². The lowest BCUT2D eigenvalue weighted by Crippen LogP contribution is -2.46. The first-order valence-corrected chi connectivity index (χ1v) is 8.15. The fourth-order valence-electron chi connectivity index (χ4n) is 2.42. The van der Waals surface area contributed by atoms with Crippen LogP contribution in [0.25, 0.3) is 0 Å². The fourth-order valence-corrected chi connectivity index (χ4v) is 2.42. The van der Waals surface area contributed by atoms with Gasteiger partial charge in [-0.15, -0.1) is 0 Å². The molecule has 1 aromatic rings. The average molecular weight is 367 g/mol. The molecule has 0 aromatic heterocycles. The molecule has 0 radical (unpaired) electrons. The third-order valence-electron chi connectivity index (χ3n) is 3.88. The number of piperazine rings is 1. The van der Waals surface area contributed by atoms with E-state index in [4.69, 9.17) is 5.26 Å². The van der Waals surface area contributed by atoms with Gasteiger partial charge >= 0.3 is 6.18 Å². The van der Waals surface area contributed by atoms with Crippen molar-refractivity contribution in [2.24, 2.45) is 0 Å². The predicted octanol–water partition coefficient (Wildman–Crippen LogP) is 1.55. The number of hydrogen-bond acceptors (Lipinski definition) is 5. The Hall–Kier alpha value is -2.57. The zero-order valence-corrected chi connectivity index (χ0v) is 14.1. The van der Waals surface area contributed by atoms with Gasteiger partial charge in [0.2, 0.25) is 0 Å². The normalized spacial score (nSPS) is 16.0. The minimum Gasteiger partial charge on any atom is -0.360 e. The van der Waals surface area contributed by atoms with Crippen molar-refractivity contribution in [3.05, 3.63) is 41.6 Å². The quantitative estimate of drug-likeness (QED) is 0.525. The maximum Gasteiger partial charge on any atom is 0.416 e. The molecular weight excluding hydrogens is 347 g/mol. The van der Waals surface area contributed by atoms with Crippen molar-refractivity contribution in [3.63, 3.8) is 0 Å². The second-order valence-electron chi connectivity index (χ2n) is 5.74. The lowest BCUT2D eigenvalue weighted by Gasteiger charge is -2.27. The highest BCUT2D eigenvalue weighted by molar-refractivity contribution is 5.97. The zero-order chi connectivity index (χ0) is 19.0. The summed E-state index contributed by atoms with van der Waals surface area (Å²) in [6.07, 6.45) is -3.22. The van der Waals surface area contributed by atoms with E-state index >= 15 is 0 Å². The van der Waals surface area contributed by atoms with Crippen molar-refractivity contribution in [3.8, 4) is 6.07 Å². The molecule has 0 saturated carbocycles. The van der Waals surface area contributed by atoms with Crippen molar-refractivity contribution in [2.45, 2.75) is 6.18 Å². The Morgan fingerprint density at radius 3 is 2.50 bits per heavy atom. The number of benzene rings is 1. The topological polar surface area (TPSA) is 80.2 Å². The molecule has 0 spiro atoms. The molecule has 2 rings (SSSR count). The van der Waals surface area contributed by atoms with E-state index in [0.29, 0.717) is 18.8 Å². The van der Waals surface area contributed by atoms with Gasteiger partial charge in [-0.05, 0) is 24.3 Å². The maximum absolute atomic E-state index is 12.5. The van der Waals surface area contributed by atoms with Crippen LogP contribution in [0, 0.1) is 11.3 Å². The van der Waals surface area contributed by atoms with Crippen molar-refractivity contribution >= 4 is 11.6 Å². The van der Waals surface area contributed by atoms with E-state index in [1.807, 2.05) is 0 Å². The van der Waals surface area contributed by atoms with Gasteiger partial charge in [0, 0.05) is 51.2 Å². The largest absolute Gasteiger partial charge is 0.416 e. The van der Waals surface area contributed by atoms with E-state index in [9.17, 15) is 18.0 Å². The Morgan fingerprint density at radius 1 is 1.27 bits per heavy atom. The molecule has 1 heterocycles. The molecule has 1 fully saturated rings. The minimum atomic E-state index is -4.41. The van der Waals surface area contributed by atoms with Gasteiger partial charge in [-0.1, -0.05) is 0 Å². The SMILES string of the molecule is N#C/C(=C/Nc1ccc(C(F)(F)F)cc1)C(=O)NCCN1CCNCC1. The van der Waals surface area contributed by atoms with Crippen LogP contribution < -0.4 is 16.0 Å². The van der Waals surface area contributed by atoms with Gasteiger partial charge in [0.25, 0.3) is 5.91 Å². The van der Waals surface area contributed by atoms with E-state index in [1.54, 1.807) is 6.07 Å². The number of nitrogens with one attached hydrogen (secondary N) is 3. The third-order valence-corrected chi connectivity index (χ3v) is 3.88. The molecule has 3 N–H and O–H groups in total. The number of carbonyl (C=O) groups excluding carboxylic acids is 1. The van der Waals surface area contributed by atoms with Gasteiger partial charge < -0.3 is 16.0 Å². The molecule has 26 heavy (non-hydrogen) atoms. The van der Waals surface area contributed by atoms with Gasteiger partial charge in [-0.3, -0.25) is 9.69 Å². The van der Waals surface area contributed by atoms with Gasteiger partial charge in [0.1, 0.15) is 11.6 Å². The Labute approximate surface area is 149 Å². The van der Waals surface area contributed by atoms with Crippen LogP contribution in [0.15, 0.2) is 36.0 Å². The fraction of sp³-hybridized carbons (Fsp3) is 0.412. The van der Waals surface area contributed by atoms with Crippen LogP contribution in [0.5, 0.6) is 0 Å². The first-order valence-electron chi connectivity index (χ1n) is 8.15. The molecule has 6 nitrogen and oxygen atoms in total. The second kappa shape index (κ2) is 9.22. The molecule has 1 aliphatic rings.